The van der Waals surface area contributed by atoms with Crippen LogP contribution in [0.2, 0.25) is 0 Å². The maximum absolute atomic E-state index is 13.4. The third-order valence-corrected chi connectivity index (χ3v) is 3.44. The van der Waals surface area contributed by atoms with Crippen LogP contribution in [-0.2, 0) is 0 Å². The van der Waals surface area contributed by atoms with E-state index in [4.69, 9.17) is 5.73 Å². The lowest BCUT2D eigenvalue weighted by Gasteiger charge is -2.10. The van der Waals surface area contributed by atoms with E-state index in [9.17, 15) is 9.18 Å². The molecule has 2 aromatic carbocycles. The van der Waals surface area contributed by atoms with Crippen LogP contribution in [0.5, 0.6) is 0 Å². The van der Waals surface area contributed by atoms with Crippen LogP contribution in [0.15, 0.2) is 40.9 Å². The second-order valence-electron chi connectivity index (χ2n) is 4.11. The predicted molar refractivity (Wildman–Crippen MR) is 77.6 cm³/mol. The molecule has 0 aliphatic carbocycles. The second kappa shape index (κ2) is 5.40. The zero-order valence-corrected chi connectivity index (χ0v) is 11.8. The van der Waals surface area contributed by atoms with Crippen molar-refractivity contribution in [3.8, 4) is 0 Å². The maximum atomic E-state index is 13.4. The molecule has 1 amide bonds. The van der Waals surface area contributed by atoms with Crippen LogP contribution < -0.4 is 11.1 Å². The van der Waals surface area contributed by atoms with E-state index in [1.165, 1.54) is 6.07 Å². The Bertz CT molecular complexity index is 643. The molecule has 0 aliphatic rings. The highest BCUT2D eigenvalue weighted by molar-refractivity contribution is 9.10. The zero-order chi connectivity index (χ0) is 14.0. The fourth-order valence-corrected chi connectivity index (χ4v) is 2.08. The summed E-state index contributed by atoms with van der Waals surface area (Å²) in [5.41, 5.74) is 7.39. The smallest absolute Gasteiger partial charge is 0.256 e. The van der Waals surface area contributed by atoms with Gasteiger partial charge >= 0.3 is 0 Å². The maximum Gasteiger partial charge on any atom is 0.256 e. The molecule has 0 saturated carbocycles. The van der Waals surface area contributed by atoms with Gasteiger partial charge in [0.2, 0.25) is 0 Å². The van der Waals surface area contributed by atoms with E-state index in [2.05, 4.69) is 21.2 Å². The third-order valence-electron chi connectivity index (χ3n) is 2.75. The quantitative estimate of drug-likeness (QED) is 0.828. The Morgan fingerprint density at radius 3 is 2.79 bits per heavy atom. The van der Waals surface area contributed by atoms with Gasteiger partial charge in [-0.05, 0) is 53.2 Å². The molecule has 0 aromatic heterocycles. The number of carbonyl (C=O) groups excluding carboxylic acids is 1. The SMILES string of the molecule is Cc1c(F)cccc1NC(=O)c1cc(N)ccc1Br. The first-order valence-corrected chi connectivity index (χ1v) is 6.40. The van der Waals surface area contributed by atoms with Crippen LogP contribution in [0.4, 0.5) is 15.8 Å². The van der Waals surface area contributed by atoms with Crippen LogP contribution in [0.3, 0.4) is 0 Å². The Kier molecular flexibility index (Phi) is 3.85. The van der Waals surface area contributed by atoms with Crippen molar-refractivity contribution in [3.05, 3.63) is 57.8 Å². The number of nitrogens with one attached hydrogen (secondary N) is 1. The Balaban J connectivity index is 2.31. The molecule has 0 radical (unpaired) electrons. The summed E-state index contributed by atoms with van der Waals surface area (Å²) < 4.78 is 14.0. The molecule has 0 spiro atoms. The van der Waals surface area contributed by atoms with Gasteiger partial charge in [-0.15, -0.1) is 0 Å². The average molecular weight is 323 g/mol. The van der Waals surface area contributed by atoms with Crippen LogP contribution >= 0.6 is 15.9 Å². The van der Waals surface area contributed by atoms with E-state index in [1.807, 2.05) is 0 Å². The summed E-state index contributed by atoms with van der Waals surface area (Å²) in [5.74, 6) is -0.697. The summed E-state index contributed by atoms with van der Waals surface area (Å²) >= 11 is 3.29. The minimum Gasteiger partial charge on any atom is -0.399 e. The Labute approximate surface area is 118 Å². The van der Waals surface area contributed by atoms with Crippen molar-refractivity contribution in [1.82, 2.24) is 0 Å². The van der Waals surface area contributed by atoms with Crippen molar-refractivity contribution in [2.24, 2.45) is 0 Å². The number of halogens is 2. The molecule has 2 rings (SSSR count). The Hall–Kier alpha value is -1.88. The highest BCUT2D eigenvalue weighted by Gasteiger charge is 2.12. The van der Waals surface area contributed by atoms with Crippen LogP contribution in [0, 0.1) is 12.7 Å². The van der Waals surface area contributed by atoms with E-state index < -0.39 is 0 Å². The van der Waals surface area contributed by atoms with Gasteiger partial charge in [0.15, 0.2) is 0 Å². The van der Waals surface area contributed by atoms with Crippen molar-refractivity contribution in [1.29, 1.82) is 0 Å². The van der Waals surface area contributed by atoms with Gasteiger partial charge in [0.05, 0.1) is 5.56 Å². The second-order valence-corrected chi connectivity index (χ2v) is 4.96. The number of hydrogen-bond acceptors (Lipinski definition) is 2. The van der Waals surface area contributed by atoms with E-state index in [0.717, 1.165) is 0 Å². The number of rotatable bonds is 2. The minimum absolute atomic E-state index is 0.340. The molecule has 0 fully saturated rings. The third kappa shape index (κ3) is 2.93. The summed E-state index contributed by atoms with van der Waals surface area (Å²) in [5, 5.41) is 2.67. The van der Waals surface area contributed by atoms with E-state index >= 15 is 0 Å². The fourth-order valence-electron chi connectivity index (χ4n) is 1.65. The van der Waals surface area contributed by atoms with Gasteiger partial charge in [0.25, 0.3) is 5.91 Å². The normalized spacial score (nSPS) is 10.3. The number of anilines is 2. The summed E-state index contributed by atoms with van der Waals surface area (Å²) in [6.45, 7) is 1.61. The van der Waals surface area contributed by atoms with Crippen molar-refractivity contribution in [2.75, 3.05) is 11.1 Å². The van der Waals surface area contributed by atoms with E-state index in [0.29, 0.717) is 27.0 Å². The Morgan fingerprint density at radius 2 is 2.05 bits per heavy atom. The number of nitrogen functional groups attached to an aromatic ring is 1. The van der Waals surface area contributed by atoms with Gasteiger partial charge in [-0.25, -0.2) is 4.39 Å². The molecule has 0 atom stereocenters. The first kappa shape index (κ1) is 13.5. The molecule has 0 aliphatic heterocycles. The number of nitrogens with two attached hydrogens (primary N) is 1. The minimum atomic E-state index is -0.357. The largest absolute Gasteiger partial charge is 0.399 e. The molecule has 19 heavy (non-hydrogen) atoms. The number of benzene rings is 2. The summed E-state index contributed by atoms with van der Waals surface area (Å²) in [7, 11) is 0. The van der Waals surface area contributed by atoms with Crippen molar-refractivity contribution < 1.29 is 9.18 Å². The molecule has 0 heterocycles. The lowest BCUT2D eigenvalue weighted by molar-refractivity contribution is 0.102. The van der Waals surface area contributed by atoms with Crippen LogP contribution in [0.25, 0.3) is 0 Å². The van der Waals surface area contributed by atoms with E-state index in [1.54, 1.807) is 37.3 Å². The monoisotopic (exact) mass is 322 g/mol. The highest BCUT2D eigenvalue weighted by Crippen LogP contribution is 2.23. The molecule has 3 N–H and O–H groups in total. The zero-order valence-electron chi connectivity index (χ0n) is 10.2. The van der Waals surface area contributed by atoms with Gasteiger partial charge in [0.1, 0.15) is 5.82 Å². The van der Waals surface area contributed by atoms with Crippen molar-refractivity contribution in [2.45, 2.75) is 6.92 Å². The molecule has 3 nitrogen and oxygen atoms in total. The van der Waals surface area contributed by atoms with Crippen molar-refractivity contribution >= 4 is 33.2 Å². The lowest BCUT2D eigenvalue weighted by atomic mass is 10.1. The van der Waals surface area contributed by atoms with Crippen LogP contribution in [0.1, 0.15) is 15.9 Å². The van der Waals surface area contributed by atoms with Gasteiger partial charge in [-0.2, -0.15) is 0 Å². The fraction of sp³-hybridized carbons (Fsp3) is 0.0714. The molecule has 0 unspecified atom stereocenters. The topological polar surface area (TPSA) is 55.1 Å². The number of carbonyl (C=O) groups is 1. The highest BCUT2D eigenvalue weighted by atomic mass is 79.9. The van der Waals surface area contributed by atoms with Gasteiger partial charge in [-0.3, -0.25) is 4.79 Å². The van der Waals surface area contributed by atoms with Gasteiger partial charge in [0, 0.05) is 21.4 Å². The molecule has 2 aromatic rings. The van der Waals surface area contributed by atoms with Gasteiger partial charge < -0.3 is 11.1 Å². The molecule has 5 heteroatoms. The molecule has 0 saturated heterocycles. The number of amides is 1. The standard InChI is InChI=1S/C14H12BrFN2O/c1-8-12(16)3-2-4-13(8)18-14(19)10-7-9(17)5-6-11(10)15/h2-7H,17H2,1H3,(H,18,19). The first-order chi connectivity index (χ1) is 8.99. The van der Waals surface area contributed by atoms with E-state index in [-0.39, 0.29) is 11.7 Å². The molecule has 98 valence electrons. The summed E-state index contributed by atoms with van der Waals surface area (Å²) in [6, 6.07) is 9.50. The Morgan fingerprint density at radius 1 is 1.32 bits per heavy atom. The van der Waals surface area contributed by atoms with Crippen LogP contribution in [-0.4, -0.2) is 5.91 Å². The molecular weight excluding hydrogens is 311 g/mol. The number of hydrogen-bond donors (Lipinski definition) is 2. The average Bonchev–Trinajstić information content (AvgIpc) is 2.38. The molecule has 0 bridgehead atoms. The predicted octanol–water partition coefficient (Wildman–Crippen LogP) is 3.73. The lowest BCUT2D eigenvalue weighted by Crippen LogP contribution is -2.14. The van der Waals surface area contributed by atoms with Crippen molar-refractivity contribution in [3.63, 3.8) is 0 Å². The summed E-state index contributed by atoms with van der Waals surface area (Å²) in [4.78, 5) is 12.1. The van der Waals surface area contributed by atoms with Gasteiger partial charge in [-0.1, -0.05) is 6.07 Å². The molecular formula is C14H12BrFN2O. The summed E-state index contributed by atoms with van der Waals surface area (Å²) in [6.07, 6.45) is 0. The first-order valence-electron chi connectivity index (χ1n) is 5.60.